The maximum atomic E-state index is 14.6. The van der Waals surface area contributed by atoms with Gasteiger partial charge in [-0.05, 0) is 74.2 Å². The number of amides is 3. The van der Waals surface area contributed by atoms with Gasteiger partial charge in [-0.25, -0.2) is 4.79 Å². The van der Waals surface area contributed by atoms with Crippen molar-refractivity contribution in [2.45, 2.75) is 66.6 Å². The van der Waals surface area contributed by atoms with Crippen molar-refractivity contribution < 1.29 is 71.7 Å². The van der Waals surface area contributed by atoms with Crippen LogP contribution in [-0.4, -0.2) is 104 Å². The van der Waals surface area contributed by atoms with Crippen molar-refractivity contribution in [3.05, 3.63) is 21.8 Å². The molecule has 2 unspecified atom stereocenters. The summed E-state index contributed by atoms with van der Waals surface area (Å²) >= 11 is 5.13. The van der Waals surface area contributed by atoms with E-state index in [0.29, 0.717) is 5.06 Å². The summed E-state index contributed by atoms with van der Waals surface area (Å²) in [5.41, 5.74) is 5.08. The van der Waals surface area contributed by atoms with Gasteiger partial charge < -0.3 is 39.2 Å². The van der Waals surface area contributed by atoms with E-state index >= 15 is 0 Å². The maximum absolute atomic E-state index is 14.6. The van der Waals surface area contributed by atoms with E-state index in [4.69, 9.17) is 34.3 Å². The predicted octanol–water partition coefficient (Wildman–Crippen LogP) is 2.19. The second kappa shape index (κ2) is 21.9. The fourth-order valence-electron chi connectivity index (χ4n) is 4.11. The second-order valence-corrected chi connectivity index (χ2v) is 13.6. The van der Waals surface area contributed by atoms with E-state index in [9.17, 15) is 43.2 Å². The first kappa shape index (κ1) is 45.7. The van der Waals surface area contributed by atoms with E-state index in [0.717, 1.165) is 39.5 Å². The van der Waals surface area contributed by atoms with Crippen molar-refractivity contribution in [3.63, 3.8) is 0 Å². The molecule has 0 bridgehead atoms. The highest BCUT2D eigenvalue weighted by Gasteiger charge is 2.36. The monoisotopic (exact) mass is 1060 g/mol. The molecule has 2 atom stereocenters. The molecule has 0 radical (unpaired) electrons. The van der Waals surface area contributed by atoms with Crippen LogP contribution in [0.1, 0.15) is 75.1 Å². The van der Waals surface area contributed by atoms with Crippen LogP contribution >= 0.6 is 67.8 Å². The molecule has 0 aliphatic heterocycles. The number of carbonyl (C=O) groups excluding carboxylic acids is 9. The lowest BCUT2D eigenvalue weighted by atomic mass is 10.1. The number of hydrogen-bond donors (Lipinski definition) is 1. The first-order valence-corrected chi connectivity index (χ1v) is 18.0. The zero-order valence-electron chi connectivity index (χ0n) is 28.3. The Labute approximate surface area is 333 Å². The number of anilines is 1. The van der Waals surface area contributed by atoms with E-state index in [-0.39, 0.29) is 47.0 Å². The van der Waals surface area contributed by atoms with Crippen molar-refractivity contribution in [2.24, 2.45) is 5.73 Å². The Morgan fingerprint density at radius 3 is 1.49 bits per heavy atom. The summed E-state index contributed by atoms with van der Waals surface area (Å²) in [4.78, 5) is 118. The van der Waals surface area contributed by atoms with Crippen LogP contribution < -0.4 is 10.8 Å². The lowest BCUT2D eigenvalue weighted by Gasteiger charge is -2.32. The number of hydrogen-bond acceptors (Lipinski definition) is 15. The fourth-order valence-corrected chi connectivity index (χ4v) is 8.71. The molecule has 0 aliphatic rings. The van der Waals surface area contributed by atoms with Gasteiger partial charge in [-0.15, -0.1) is 5.06 Å². The summed E-state index contributed by atoms with van der Waals surface area (Å²) in [5, 5.41) is 0.589. The predicted molar refractivity (Wildman–Crippen MR) is 199 cm³/mol. The molecule has 0 aromatic heterocycles. The number of ether oxygens (including phenoxy) is 5. The van der Waals surface area contributed by atoms with Crippen LogP contribution in [0.3, 0.4) is 0 Å². The van der Waals surface area contributed by atoms with Gasteiger partial charge in [-0.1, -0.05) is 0 Å². The van der Waals surface area contributed by atoms with Gasteiger partial charge in [0.2, 0.25) is 0 Å². The molecule has 2 N–H and O–H groups in total. The van der Waals surface area contributed by atoms with E-state index < -0.39 is 92.0 Å². The molecular weight excluding hydrogens is 1020 g/mol. The Morgan fingerprint density at radius 2 is 1.10 bits per heavy atom. The van der Waals surface area contributed by atoms with Gasteiger partial charge in [0.05, 0.1) is 44.4 Å². The smallest absolute Gasteiger partial charge is 0.333 e. The van der Waals surface area contributed by atoms with Crippen molar-refractivity contribution in [3.8, 4) is 0 Å². The van der Waals surface area contributed by atoms with Crippen molar-refractivity contribution in [1.29, 1.82) is 0 Å². The molecule has 0 spiro atoms. The number of esters is 5. The van der Waals surface area contributed by atoms with Gasteiger partial charge in [-0.2, -0.15) is 0 Å². The Balaban J connectivity index is 3.94. The highest BCUT2D eigenvalue weighted by Crippen LogP contribution is 2.39. The number of rotatable bonds is 17. The normalized spacial score (nSPS) is 11.6. The number of nitrogens with two attached hydrogens (primary N) is 1. The minimum atomic E-state index is -1.27. The molecule has 18 nitrogen and oxygen atoms in total. The molecule has 0 fully saturated rings. The van der Waals surface area contributed by atoms with Gasteiger partial charge in [0.1, 0.15) is 18.9 Å². The summed E-state index contributed by atoms with van der Waals surface area (Å²) < 4.78 is 25.5. The third-order valence-corrected chi connectivity index (χ3v) is 9.19. The molecule has 1 aromatic carbocycles. The molecule has 3 amide bonds. The zero-order valence-corrected chi connectivity index (χ0v) is 34.8. The summed E-state index contributed by atoms with van der Waals surface area (Å²) in [6.07, 6.45) is -2.75. The van der Waals surface area contributed by atoms with Crippen molar-refractivity contribution >= 4 is 127 Å². The molecule has 0 aliphatic carbocycles. The third kappa shape index (κ3) is 15.4. The Kier molecular flexibility index (Phi) is 19.6. The van der Waals surface area contributed by atoms with Gasteiger partial charge in [0.15, 0.2) is 12.2 Å². The van der Waals surface area contributed by atoms with E-state index in [1.807, 2.05) is 0 Å². The number of nitrogens with zero attached hydrogens (tertiary/aromatic N) is 2. The standard InChI is InChI=1S/C30H36I3N3O15/c1-14(37)36(51-22(43)8-7-9-46-15(2)38)28-26(32)23(29(34)44)25(31)24(27(28)33)30(45)35(10-20(49-18(5)41)12-47-16(3)39)11-21(50-19(6)42)13-48-17(4)40/h20-21H,7-13H2,1-6H3,(H2,34,44). The molecule has 0 heterocycles. The van der Waals surface area contributed by atoms with Gasteiger partial charge in [0, 0.05) is 45.1 Å². The largest absolute Gasteiger partial charge is 0.466 e. The quantitative estimate of drug-likeness (QED) is 0.0774. The van der Waals surface area contributed by atoms with Crippen LogP contribution in [0.15, 0.2) is 0 Å². The SMILES string of the molecule is CC(=O)OCCCC(=O)ON(C(C)=O)c1c(I)c(C(N)=O)c(I)c(C(=O)N(CC(COC(C)=O)OC(C)=O)CC(COC(C)=O)OC(C)=O)c1I. The first-order valence-electron chi connectivity index (χ1n) is 14.7. The van der Waals surface area contributed by atoms with Crippen LogP contribution in [-0.2, 0) is 62.1 Å². The van der Waals surface area contributed by atoms with Crippen LogP contribution in [0.2, 0.25) is 0 Å². The number of hydroxylamine groups is 1. The van der Waals surface area contributed by atoms with E-state index in [2.05, 4.69) is 0 Å². The van der Waals surface area contributed by atoms with Gasteiger partial charge in [-0.3, -0.25) is 38.4 Å². The highest BCUT2D eigenvalue weighted by atomic mass is 127. The first-order chi connectivity index (χ1) is 23.7. The van der Waals surface area contributed by atoms with Crippen LogP contribution in [0.4, 0.5) is 5.69 Å². The molecule has 0 saturated heterocycles. The lowest BCUT2D eigenvalue weighted by molar-refractivity contribution is -0.159. The molecule has 0 saturated carbocycles. The van der Waals surface area contributed by atoms with Crippen LogP contribution in [0, 0.1) is 10.7 Å². The van der Waals surface area contributed by atoms with Gasteiger partial charge >= 0.3 is 35.8 Å². The van der Waals surface area contributed by atoms with Crippen molar-refractivity contribution in [2.75, 3.05) is 38.0 Å². The number of benzene rings is 1. The van der Waals surface area contributed by atoms with E-state index in [1.165, 1.54) is 6.92 Å². The zero-order chi connectivity index (χ0) is 39.2. The lowest BCUT2D eigenvalue weighted by Crippen LogP contribution is -2.47. The third-order valence-electron chi connectivity index (χ3n) is 6.01. The van der Waals surface area contributed by atoms with Crippen LogP contribution in [0.25, 0.3) is 0 Å². The van der Waals surface area contributed by atoms with Crippen LogP contribution in [0.5, 0.6) is 0 Å². The molecular formula is C30H36I3N3O15. The fraction of sp³-hybridized carbons (Fsp3) is 0.500. The maximum Gasteiger partial charge on any atom is 0.333 e. The minimum Gasteiger partial charge on any atom is -0.466 e. The summed E-state index contributed by atoms with van der Waals surface area (Å²) in [5.74, 6) is -7.25. The topological polar surface area (TPSA) is 242 Å². The number of carbonyl (C=O) groups is 9. The Hall–Kier alpha value is -3.36. The molecule has 21 heteroatoms. The Bertz CT molecular complexity index is 1510. The minimum absolute atomic E-state index is 0.00245. The number of halogens is 3. The second-order valence-electron chi connectivity index (χ2n) is 10.4. The van der Waals surface area contributed by atoms with E-state index in [1.54, 1.807) is 67.8 Å². The molecule has 1 aromatic rings. The summed E-state index contributed by atoms with van der Waals surface area (Å²) in [7, 11) is 0. The molecule has 1 rings (SSSR count). The van der Waals surface area contributed by atoms with Crippen molar-refractivity contribution in [1.82, 2.24) is 4.90 Å². The summed E-state index contributed by atoms with van der Waals surface area (Å²) in [6, 6.07) is 0. The molecule has 282 valence electrons. The van der Waals surface area contributed by atoms with Gasteiger partial charge in [0.25, 0.3) is 17.7 Å². The average Bonchev–Trinajstić information content (AvgIpc) is 2.98. The molecule has 51 heavy (non-hydrogen) atoms. The number of primary amides is 1. The Morgan fingerprint density at radius 1 is 0.647 bits per heavy atom. The highest BCUT2D eigenvalue weighted by molar-refractivity contribution is 14.1. The summed E-state index contributed by atoms with van der Waals surface area (Å²) in [6.45, 7) is 4.58. The average molecular weight is 1060 g/mol.